The van der Waals surface area contributed by atoms with Crippen LogP contribution in [-0.2, 0) is 0 Å². The Morgan fingerprint density at radius 1 is 1.27 bits per heavy atom. The fourth-order valence-corrected chi connectivity index (χ4v) is 2.96. The van der Waals surface area contributed by atoms with Gasteiger partial charge in [0.25, 0.3) is 0 Å². The summed E-state index contributed by atoms with van der Waals surface area (Å²) in [7, 11) is 0. The molecule has 82 valence electrons. The maximum absolute atomic E-state index is 4.34. The number of halogens is 1. The molecule has 0 amide bonds. The molecule has 2 aromatic rings. The third kappa shape index (κ3) is 2.51. The average molecular weight is 334 g/mol. The van der Waals surface area contributed by atoms with E-state index in [0.29, 0.717) is 6.37 Å². The Balaban J connectivity index is 0.000000531. The molecule has 1 aromatic heterocycles. The van der Waals surface area contributed by atoms with E-state index < -0.39 is 0 Å². The van der Waals surface area contributed by atoms with E-state index in [9.17, 15) is 0 Å². The molecular weight excluding hydrogens is 318 g/mol. The standard InChI is InChI=1S/C9H10IN2P.C2H6/c1-6-3-4-9-8(7(6)2)5-11-12(9)13-10;1-2/h3-5,13H,1-2H3;1-2H3. The lowest BCUT2D eigenvalue weighted by Crippen LogP contribution is -1.84. The smallest absolute Gasteiger partial charge is 0.0732 e. The van der Waals surface area contributed by atoms with Gasteiger partial charge < -0.3 is 0 Å². The zero-order valence-corrected chi connectivity index (χ0v) is 12.7. The van der Waals surface area contributed by atoms with Crippen LogP contribution < -0.4 is 0 Å². The van der Waals surface area contributed by atoms with E-state index in [1.165, 1.54) is 22.0 Å². The van der Waals surface area contributed by atoms with Gasteiger partial charge in [0.2, 0.25) is 0 Å². The minimum atomic E-state index is 0.677. The van der Waals surface area contributed by atoms with Crippen molar-refractivity contribution in [3.8, 4) is 0 Å². The van der Waals surface area contributed by atoms with Crippen LogP contribution in [0.25, 0.3) is 10.9 Å². The Bertz CT molecular complexity index is 451. The van der Waals surface area contributed by atoms with Crippen molar-refractivity contribution >= 4 is 39.3 Å². The van der Waals surface area contributed by atoms with E-state index in [1.807, 2.05) is 24.5 Å². The van der Waals surface area contributed by atoms with Gasteiger partial charge in [0, 0.05) is 5.39 Å². The lowest BCUT2D eigenvalue weighted by atomic mass is 10.1. The maximum atomic E-state index is 4.34. The number of rotatable bonds is 1. The van der Waals surface area contributed by atoms with Gasteiger partial charge in [-0.2, -0.15) is 5.10 Å². The second-order valence-corrected chi connectivity index (χ2v) is 5.12. The van der Waals surface area contributed by atoms with Crippen molar-refractivity contribution in [3.05, 3.63) is 29.5 Å². The van der Waals surface area contributed by atoms with Gasteiger partial charge in [-0.15, -0.1) is 0 Å². The number of aryl methyl sites for hydroxylation is 2. The Hall–Kier alpha value is -0.150. The van der Waals surface area contributed by atoms with Crippen molar-refractivity contribution in [2.75, 3.05) is 0 Å². The van der Waals surface area contributed by atoms with Crippen molar-refractivity contribution in [1.82, 2.24) is 9.55 Å². The Kier molecular flexibility index (Phi) is 5.00. The van der Waals surface area contributed by atoms with Gasteiger partial charge in [-0.25, -0.2) is 4.45 Å². The molecule has 0 fully saturated rings. The lowest BCUT2D eigenvalue weighted by Gasteiger charge is -2.01. The topological polar surface area (TPSA) is 17.8 Å². The van der Waals surface area contributed by atoms with Crippen LogP contribution in [-0.4, -0.2) is 9.55 Å². The highest BCUT2D eigenvalue weighted by atomic mass is 127. The number of hydrogen-bond acceptors (Lipinski definition) is 1. The summed E-state index contributed by atoms with van der Waals surface area (Å²) in [6, 6.07) is 4.31. The Morgan fingerprint density at radius 2 is 1.93 bits per heavy atom. The molecule has 0 radical (unpaired) electrons. The molecule has 2 nitrogen and oxygen atoms in total. The zero-order chi connectivity index (χ0) is 11.4. The highest BCUT2D eigenvalue weighted by Crippen LogP contribution is 2.30. The van der Waals surface area contributed by atoms with Gasteiger partial charge in [-0.1, -0.05) is 19.9 Å². The highest BCUT2D eigenvalue weighted by Gasteiger charge is 2.04. The van der Waals surface area contributed by atoms with E-state index in [1.54, 1.807) is 0 Å². The third-order valence-corrected chi connectivity index (χ3v) is 4.26. The summed E-state index contributed by atoms with van der Waals surface area (Å²) in [6.45, 7) is 8.29. The van der Waals surface area contributed by atoms with E-state index in [2.05, 4.69) is 53.1 Å². The number of benzene rings is 1. The molecule has 0 saturated carbocycles. The van der Waals surface area contributed by atoms with Gasteiger partial charge in [0.15, 0.2) is 0 Å². The summed E-state index contributed by atoms with van der Waals surface area (Å²) in [6.07, 6.45) is 2.64. The predicted molar refractivity (Wildman–Crippen MR) is 78.3 cm³/mol. The summed E-state index contributed by atoms with van der Waals surface area (Å²) in [5, 5.41) is 5.62. The van der Waals surface area contributed by atoms with E-state index in [4.69, 9.17) is 0 Å². The summed E-state index contributed by atoms with van der Waals surface area (Å²) in [5.74, 6) is 0. The maximum Gasteiger partial charge on any atom is 0.0732 e. The van der Waals surface area contributed by atoms with Gasteiger partial charge in [0.05, 0.1) is 18.1 Å². The highest BCUT2D eigenvalue weighted by molar-refractivity contribution is 14.2. The molecule has 0 aliphatic carbocycles. The van der Waals surface area contributed by atoms with Crippen LogP contribution >= 0.6 is 28.4 Å². The minimum absolute atomic E-state index is 0.677. The first-order chi connectivity index (χ1) is 7.24. The van der Waals surface area contributed by atoms with Gasteiger partial charge in [-0.05, 0) is 53.1 Å². The van der Waals surface area contributed by atoms with E-state index >= 15 is 0 Å². The molecule has 4 heteroatoms. The van der Waals surface area contributed by atoms with Crippen molar-refractivity contribution in [3.63, 3.8) is 0 Å². The first-order valence-electron chi connectivity index (χ1n) is 5.04. The van der Waals surface area contributed by atoms with Crippen molar-refractivity contribution in [1.29, 1.82) is 0 Å². The van der Waals surface area contributed by atoms with Crippen molar-refractivity contribution < 1.29 is 0 Å². The second kappa shape index (κ2) is 5.80. The second-order valence-electron chi connectivity index (χ2n) is 3.08. The molecule has 15 heavy (non-hydrogen) atoms. The summed E-state index contributed by atoms with van der Waals surface area (Å²) in [4.78, 5) is 0. The Morgan fingerprint density at radius 3 is 2.53 bits per heavy atom. The van der Waals surface area contributed by atoms with Gasteiger partial charge in [0.1, 0.15) is 0 Å². The molecule has 1 heterocycles. The molecule has 0 N–H and O–H groups in total. The van der Waals surface area contributed by atoms with Crippen LogP contribution in [0.1, 0.15) is 25.0 Å². The Labute approximate surface area is 106 Å². The largest absolute Gasteiger partial charge is 0.237 e. The molecule has 0 bridgehead atoms. The first kappa shape index (κ1) is 12.9. The molecule has 0 aliphatic heterocycles. The molecule has 0 aliphatic rings. The molecule has 1 aromatic carbocycles. The monoisotopic (exact) mass is 334 g/mol. The number of hydrogen-bond donors (Lipinski definition) is 0. The molecular formula is C11H16IN2P. The average Bonchev–Trinajstić information content (AvgIpc) is 2.70. The summed E-state index contributed by atoms with van der Waals surface area (Å²) >= 11 is 2.35. The van der Waals surface area contributed by atoms with Crippen LogP contribution in [0.15, 0.2) is 18.3 Å². The zero-order valence-electron chi connectivity index (χ0n) is 9.50. The minimum Gasteiger partial charge on any atom is -0.237 e. The summed E-state index contributed by atoms with van der Waals surface area (Å²) < 4.78 is 2.04. The SMILES string of the molecule is CC.Cc1ccc2c(cnn2PI)c1C. The third-order valence-electron chi connectivity index (χ3n) is 2.37. The fraction of sp³-hybridized carbons (Fsp3) is 0.364. The van der Waals surface area contributed by atoms with Crippen LogP contribution in [0.4, 0.5) is 0 Å². The molecule has 0 saturated heterocycles. The normalized spacial score (nSPS) is 10.7. The molecule has 1 unspecified atom stereocenters. The molecule has 2 rings (SSSR count). The number of nitrogens with zero attached hydrogens (tertiary/aromatic N) is 2. The quantitative estimate of drug-likeness (QED) is 0.556. The fourth-order valence-electron chi connectivity index (χ4n) is 1.42. The van der Waals surface area contributed by atoms with Crippen molar-refractivity contribution in [2.45, 2.75) is 27.7 Å². The molecule has 0 spiro atoms. The van der Waals surface area contributed by atoms with Crippen molar-refractivity contribution in [2.24, 2.45) is 0 Å². The van der Waals surface area contributed by atoms with Gasteiger partial charge in [-0.3, -0.25) is 0 Å². The first-order valence-corrected chi connectivity index (χ1v) is 9.11. The predicted octanol–water partition coefficient (Wildman–Crippen LogP) is 4.47. The van der Waals surface area contributed by atoms with Crippen LogP contribution in [0.3, 0.4) is 0 Å². The number of fused-ring (bicyclic) bond motifs is 1. The van der Waals surface area contributed by atoms with Crippen LogP contribution in [0, 0.1) is 13.8 Å². The van der Waals surface area contributed by atoms with Crippen LogP contribution in [0.2, 0.25) is 0 Å². The van der Waals surface area contributed by atoms with Crippen LogP contribution in [0.5, 0.6) is 0 Å². The van der Waals surface area contributed by atoms with Gasteiger partial charge >= 0.3 is 0 Å². The van der Waals surface area contributed by atoms with E-state index in [0.717, 1.165) is 0 Å². The summed E-state index contributed by atoms with van der Waals surface area (Å²) in [5.41, 5.74) is 3.93. The number of aromatic nitrogens is 2. The van der Waals surface area contributed by atoms with E-state index in [-0.39, 0.29) is 0 Å². The molecule has 1 atom stereocenters. The lowest BCUT2D eigenvalue weighted by molar-refractivity contribution is 1.04.